The summed E-state index contributed by atoms with van der Waals surface area (Å²) in [4.78, 5) is 24.1. The Bertz CT molecular complexity index is 253. The van der Waals surface area contributed by atoms with Gasteiger partial charge in [0, 0.05) is 25.9 Å². The van der Waals surface area contributed by atoms with Crippen molar-refractivity contribution in [2.45, 2.75) is 45.4 Å². The first kappa shape index (κ1) is 13.0. The van der Waals surface area contributed by atoms with Gasteiger partial charge in [-0.2, -0.15) is 0 Å². The molecule has 16 heavy (non-hydrogen) atoms. The van der Waals surface area contributed by atoms with Crippen LogP contribution in [0.15, 0.2) is 0 Å². The Balaban J connectivity index is 2.34. The Morgan fingerprint density at radius 2 is 2.12 bits per heavy atom. The molecular weight excluding hydrogens is 206 g/mol. The van der Waals surface area contributed by atoms with Gasteiger partial charge in [-0.25, -0.2) is 0 Å². The van der Waals surface area contributed by atoms with Crippen LogP contribution < -0.4 is 0 Å². The molecule has 4 nitrogen and oxygen atoms in total. The zero-order chi connectivity index (χ0) is 12.0. The van der Waals surface area contributed by atoms with Gasteiger partial charge in [-0.05, 0) is 31.6 Å². The Morgan fingerprint density at radius 1 is 1.38 bits per heavy atom. The molecule has 1 saturated heterocycles. The van der Waals surface area contributed by atoms with Crippen LogP contribution in [0.3, 0.4) is 0 Å². The van der Waals surface area contributed by atoms with Crippen LogP contribution in [0.25, 0.3) is 0 Å². The zero-order valence-corrected chi connectivity index (χ0v) is 9.95. The number of likely N-dealkylation sites (tertiary alicyclic amines) is 1. The van der Waals surface area contributed by atoms with Gasteiger partial charge in [-0.3, -0.25) is 9.59 Å². The van der Waals surface area contributed by atoms with E-state index in [1.165, 1.54) is 0 Å². The molecular formula is C12H21NO3. The Kier molecular flexibility index (Phi) is 5.29. The summed E-state index contributed by atoms with van der Waals surface area (Å²) < 4.78 is 0. The molecule has 4 heteroatoms. The third kappa shape index (κ3) is 4.21. The molecule has 0 spiro atoms. The fourth-order valence-corrected chi connectivity index (χ4v) is 2.23. The van der Waals surface area contributed by atoms with Gasteiger partial charge in [-0.1, -0.05) is 6.92 Å². The van der Waals surface area contributed by atoms with E-state index in [4.69, 9.17) is 5.11 Å². The van der Waals surface area contributed by atoms with E-state index in [-0.39, 0.29) is 12.3 Å². The summed E-state index contributed by atoms with van der Waals surface area (Å²) in [5.74, 6) is -0.134. The van der Waals surface area contributed by atoms with Crippen LogP contribution in [0, 0.1) is 5.92 Å². The molecule has 1 rings (SSSR count). The second kappa shape index (κ2) is 6.51. The summed E-state index contributed by atoms with van der Waals surface area (Å²) in [7, 11) is 0. The molecule has 1 amide bonds. The van der Waals surface area contributed by atoms with E-state index in [9.17, 15) is 9.59 Å². The van der Waals surface area contributed by atoms with Crippen molar-refractivity contribution in [2.24, 2.45) is 5.92 Å². The molecule has 1 unspecified atom stereocenters. The first-order valence-corrected chi connectivity index (χ1v) is 6.13. The SMILES string of the molecule is CCCC(=O)N1CCCC(CCC(=O)O)C1. The minimum Gasteiger partial charge on any atom is -0.481 e. The maximum absolute atomic E-state index is 11.7. The van der Waals surface area contributed by atoms with Crippen LogP contribution in [0.2, 0.25) is 0 Å². The van der Waals surface area contributed by atoms with Crippen molar-refractivity contribution < 1.29 is 14.7 Å². The highest BCUT2D eigenvalue weighted by molar-refractivity contribution is 5.76. The van der Waals surface area contributed by atoms with Crippen molar-refractivity contribution >= 4 is 11.9 Å². The number of piperidine rings is 1. The van der Waals surface area contributed by atoms with Crippen molar-refractivity contribution in [3.05, 3.63) is 0 Å². The lowest BCUT2D eigenvalue weighted by Crippen LogP contribution is -2.39. The number of hydrogen-bond donors (Lipinski definition) is 1. The number of nitrogens with zero attached hydrogens (tertiary/aromatic N) is 1. The van der Waals surface area contributed by atoms with Gasteiger partial charge in [0.1, 0.15) is 0 Å². The number of hydrogen-bond acceptors (Lipinski definition) is 2. The number of amides is 1. The molecule has 0 saturated carbocycles. The zero-order valence-electron chi connectivity index (χ0n) is 9.95. The predicted molar refractivity (Wildman–Crippen MR) is 61.1 cm³/mol. The van der Waals surface area contributed by atoms with Crippen molar-refractivity contribution in [1.82, 2.24) is 4.90 Å². The molecule has 0 aromatic carbocycles. The minimum absolute atomic E-state index is 0.223. The highest BCUT2D eigenvalue weighted by Crippen LogP contribution is 2.21. The van der Waals surface area contributed by atoms with Crippen molar-refractivity contribution in [1.29, 1.82) is 0 Å². The maximum Gasteiger partial charge on any atom is 0.303 e. The highest BCUT2D eigenvalue weighted by Gasteiger charge is 2.23. The molecule has 1 N–H and O–H groups in total. The van der Waals surface area contributed by atoms with Crippen molar-refractivity contribution in [2.75, 3.05) is 13.1 Å². The van der Waals surface area contributed by atoms with E-state index in [0.29, 0.717) is 18.8 Å². The van der Waals surface area contributed by atoms with Gasteiger partial charge in [-0.15, -0.1) is 0 Å². The maximum atomic E-state index is 11.7. The van der Waals surface area contributed by atoms with Crippen LogP contribution in [0.5, 0.6) is 0 Å². The van der Waals surface area contributed by atoms with Gasteiger partial charge in [0.2, 0.25) is 5.91 Å². The summed E-state index contributed by atoms with van der Waals surface area (Å²) in [6, 6.07) is 0. The number of aliphatic carboxylic acids is 1. The average molecular weight is 227 g/mol. The Morgan fingerprint density at radius 3 is 2.75 bits per heavy atom. The lowest BCUT2D eigenvalue weighted by molar-refractivity contribution is -0.137. The lowest BCUT2D eigenvalue weighted by atomic mass is 9.93. The van der Waals surface area contributed by atoms with E-state index in [1.807, 2.05) is 11.8 Å². The van der Waals surface area contributed by atoms with Crippen molar-refractivity contribution in [3.8, 4) is 0 Å². The molecule has 0 aliphatic carbocycles. The average Bonchev–Trinajstić information content (AvgIpc) is 2.27. The highest BCUT2D eigenvalue weighted by atomic mass is 16.4. The van der Waals surface area contributed by atoms with E-state index in [1.54, 1.807) is 0 Å². The summed E-state index contributed by atoms with van der Waals surface area (Å²) in [6.07, 6.45) is 4.50. The molecule has 0 bridgehead atoms. The fraction of sp³-hybridized carbons (Fsp3) is 0.833. The minimum atomic E-state index is -0.739. The quantitative estimate of drug-likeness (QED) is 0.780. The Hall–Kier alpha value is -1.06. The molecule has 1 atom stereocenters. The number of carboxylic acid groups (broad SMARTS) is 1. The van der Waals surface area contributed by atoms with Gasteiger partial charge in [0.05, 0.1) is 0 Å². The molecule has 0 aromatic rings. The summed E-state index contributed by atoms with van der Waals surface area (Å²) in [5.41, 5.74) is 0. The van der Waals surface area contributed by atoms with E-state index >= 15 is 0 Å². The van der Waals surface area contributed by atoms with E-state index in [2.05, 4.69) is 0 Å². The van der Waals surface area contributed by atoms with Crippen LogP contribution in [-0.2, 0) is 9.59 Å². The predicted octanol–water partition coefficient (Wildman–Crippen LogP) is 1.89. The number of carboxylic acids is 1. The first-order valence-electron chi connectivity index (χ1n) is 6.13. The van der Waals surface area contributed by atoms with E-state index in [0.717, 1.165) is 32.4 Å². The Labute approximate surface area is 96.6 Å². The molecule has 92 valence electrons. The number of carbonyl (C=O) groups excluding carboxylic acids is 1. The standard InChI is InChI=1S/C12H21NO3/c1-2-4-11(14)13-8-3-5-10(9-13)6-7-12(15)16/h10H,2-9H2,1H3,(H,15,16). The van der Waals surface area contributed by atoms with Gasteiger partial charge < -0.3 is 10.0 Å². The smallest absolute Gasteiger partial charge is 0.303 e. The number of carbonyl (C=O) groups is 2. The topological polar surface area (TPSA) is 57.6 Å². The third-order valence-electron chi connectivity index (χ3n) is 3.10. The second-order valence-electron chi connectivity index (χ2n) is 4.53. The van der Waals surface area contributed by atoms with Crippen LogP contribution in [0.4, 0.5) is 0 Å². The summed E-state index contributed by atoms with van der Waals surface area (Å²) in [6.45, 7) is 3.61. The van der Waals surface area contributed by atoms with Crippen LogP contribution in [0.1, 0.15) is 45.4 Å². The molecule has 1 heterocycles. The summed E-state index contributed by atoms with van der Waals surface area (Å²) >= 11 is 0. The molecule has 1 fully saturated rings. The molecule has 1 aliphatic rings. The largest absolute Gasteiger partial charge is 0.481 e. The van der Waals surface area contributed by atoms with Crippen LogP contribution in [-0.4, -0.2) is 35.0 Å². The first-order chi connectivity index (χ1) is 7.63. The second-order valence-corrected chi connectivity index (χ2v) is 4.53. The van der Waals surface area contributed by atoms with Crippen molar-refractivity contribution in [3.63, 3.8) is 0 Å². The lowest BCUT2D eigenvalue weighted by Gasteiger charge is -2.32. The van der Waals surface area contributed by atoms with E-state index < -0.39 is 5.97 Å². The monoisotopic (exact) mass is 227 g/mol. The summed E-state index contributed by atoms with van der Waals surface area (Å²) in [5, 5.41) is 8.62. The fourth-order valence-electron chi connectivity index (χ4n) is 2.23. The van der Waals surface area contributed by atoms with Gasteiger partial charge in [0.15, 0.2) is 0 Å². The van der Waals surface area contributed by atoms with Gasteiger partial charge in [0.25, 0.3) is 0 Å². The molecule has 0 aromatic heterocycles. The normalized spacial score (nSPS) is 20.8. The molecule has 1 aliphatic heterocycles. The number of rotatable bonds is 5. The van der Waals surface area contributed by atoms with Crippen LogP contribution >= 0.6 is 0 Å². The third-order valence-corrected chi connectivity index (χ3v) is 3.10. The molecule has 0 radical (unpaired) electrons. The van der Waals surface area contributed by atoms with Gasteiger partial charge >= 0.3 is 5.97 Å².